The Kier molecular flexibility index (Phi) is 5.79. The van der Waals surface area contributed by atoms with Crippen LogP contribution in [0, 0.1) is 11.3 Å². The zero-order chi connectivity index (χ0) is 22.9. The van der Waals surface area contributed by atoms with Crippen LogP contribution in [-0.2, 0) is 11.3 Å². The molecule has 0 radical (unpaired) electrons. The molecule has 2 aromatic carbocycles. The molecule has 1 amide bonds. The van der Waals surface area contributed by atoms with Crippen molar-refractivity contribution < 1.29 is 9.53 Å². The summed E-state index contributed by atoms with van der Waals surface area (Å²) in [6.45, 7) is 10.1. The number of nitriles is 1. The highest BCUT2D eigenvalue weighted by Crippen LogP contribution is 2.27. The summed E-state index contributed by atoms with van der Waals surface area (Å²) in [7, 11) is 0. The molecule has 1 unspecified atom stereocenters. The summed E-state index contributed by atoms with van der Waals surface area (Å²) in [5, 5.41) is 9.54. The van der Waals surface area contributed by atoms with Gasteiger partial charge < -0.3 is 19.1 Å². The molecule has 1 saturated heterocycles. The third-order valence-corrected chi connectivity index (χ3v) is 5.64. The van der Waals surface area contributed by atoms with Gasteiger partial charge in [-0.15, -0.1) is 0 Å². The van der Waals surface area contributed by atoms with Gasteiger partial charge in [-0.05, 0) is 51.5 Å². The maximum atomic E-state index is 12.6. The monoisotopic (exact) mass is 431 g/mol. The fraction of sp³-hybridized carbons (Fsp3) is 0.400. The van der Waals surface area contributed by atoms with Gasteiger partial charge in [0.1, 0.15) is 5.60 Å². The second-order valence-corrected chi connectivity index (χ2v) is 9.22. The Hall–Kier alpha value is -3.53. The highest BCUT2D eigenvalue weighted by atomic mass is 16.6. The van der Waals surface area contributed by atoms with Crippen LogP contribution < -0.4 is 4.90 Å². The summed E-state index contributed by atoms with van der Waals surface area (Å²) in [5.41, 5.74) is 3.05. The molecule has 0 N–H and O–H groups in total. The second kappa shape index (κ2) is 8.54. The number of carbonyl (C=O) groups is 1. The molecule has 2 heterocycles. The highest BCUT2D eigenvalue weighted by molar-refractivity contribution is 5.79. The van der Waals surface area contributed by atoms with Crippen LogP contribution in [0.3, 0.4) is 0 Å². The normalized spacial score (nSPS) is 16.8. The number of hydrogen-bond donors (Lipinski definition) is 0. The van der Waals surface area contributed by atoms with Crippen molar-refractivity contribution in [3.63, 3.8) is 0 Å². The van der Waals surface area contributed by atoms with E-state index in [1.165, 1.54) is 0 Å². The SMILES string of the molecule is CC1CN(c2nc3ccccc3n2Cc2ccccc2C#N)CCN1C(=O)OC(C)(C)C. The number of benzene rings is 2. The van der Waals surface area contributed by atoms with Crippen molar-refractivity contribution in [2.24, 2.45) is 0 Å². The van der Waals surface area contributed by atoms with Gasteiger partial charge in [-0.25, -0.2) is 9.78 Å². The van der Waals surface area contributed by atoms with Crippen molar-refractivity contribution in [2.75, 3.05) is 24.5 Å². The Morgan fingerprint density at radius 1 is 1.16 bits per heavy atom. The average molecular weight is 432 g/mol. The molecular formula is C25H29N5O2. The minimum absolute atomic E-state index is 0.0155. The molecule has 1 atom stereocenters. The van der Waals surface area contributed by atoms with Crippen molar-refractivity contribution in [3.05, 3.63) is 59.7 Å². The van der Waals surface area contributed by atoms with Gasteiger partial charge in [0.2, 0.25) is 5.95 Å². The van der Waals surface area contributed by atoms with E-state index in [0.717, 1.165) is 22.5 Å². The number of carbonyl (C=O) groups excluding carboxylic acids is 1. The number of rotatable bonds is 3. The highest BCUT2D eigenvalue weighted by Gasteiger charge is 2.32. The minimum atomic E-state index is -0.518. The smallest absolute Gasteiger partial charge is 0.410 e. The lowest BCUT2D eigenvalue weighted by Crippen LogP contribution is -2.55. The van der Waals surface area contributed by atoms with Gasteiger partial charge in [0.25, 0.3) is 0 Å². The van der Waals surface area contributed by atoms with Crippen molar-refractivity contribution >= 4 is 23.1 Å². The van der Waals surface area contributed by atoms with Gasteiger partial charge in [-0.3, -0.25) is 0 Å². The summed E-state index contributed by atoms with van der Waals surface area (Å²) in [6.07, 6.45) is -0.277. The van der Waals surface area contributed by atoms with E-state index in [4.69, 9.17) is 9.72 Å². The molecule has 0 bridgehead atoms. The van der Waals surface area contributed by atoms with Gasteiger partial charge in [-0.2, -0.15) is 5.26 Å². The van der Waals surface area contributed by atoms with Crippen LogP contribution in [0.25, 0.3) is 11.0 Å². The van der Waals surface area contributed by atoms with E-state index in [9.17, 15) is 10.1 Å². The fourth-order valence-corrected chi connectivity index (χ4v) is 4.13. The summed E-state index contributed by atoms with van der Waals surface area (Å²) < 4.78 is 7.75. The maximum Gasteiger partial charge on any atom is 0.410 e. The molecule has 7 nitrogen and oxygen atoms in total. The summed E-state index contributed by atoms with van der Waals surface area (Å²) in [4.78, 5) is 21.6. The molecule has 166 valence electrons. The van der Waals surface area contributed by atoms with Crippen molar-refractivity contribution in [1.29, 1.82) is 5.26 Å². The number of piperazine rings is 1. The number of amides is 1. The summed E-state index contributed by atoms with van der Waals surface area (Å²) >= 11 is 0. The summed E-state index contributed by atoms with van der Waals surface area (Å²) in [6, 6.07) is 18.0. The molecule has 3 aromatic rings. The lowest BCUT2D eigenvalue weighted by molar-refractivity contribution is 0.0158. The van der Waals surface area contributed by atoms with Gasteiger partial charge in [0.15, 0.2) is 0 Å². The van der Waals surface area contributed by atoms with Crippen LogP contribution in [0.1, 0.15) is 38.8 Å². The van der Waals surface area contributed by atoms with Crippen LogP contribution >= 0.6 is 0 Å². The van der Waals surface area contributed by atoms with E-state index in [1.807, 2.05) is 70.2 Å². The number of anilines is 1. The van der Waals surface area contributed by atoms with Gasteiger partial charge in [0, 0.05) is 25.7 Å². The Labute approximate surface area is 188 Å². The first-order chi connectivity index (χ1) is 15.3. The van der Waals surface area contributed by atoms with Crippen LogP contribution in [0.4, 0.5) is 10.7 Å². The van der Waals surface area contributed by atoms with Crippen molar-refractivity contribution in [3.8, 4) is 6.07 Å². The average Bonchev–Trinajstić information content (AvgIpc) is 3.11. The first-order valence-corrected chi connectivity index (χ1v) is 10.9. The minimum Gasteiger partial charge on any atom is -0.444 e. The lowest BCUT2D eigenvalue weighted by Gasteiger charge is -2.40. The van der Waals surface area contributed by atoms with Gasteiger partial charge >= 0.3 is 6.09 Å². The number of hydrogen-bond acceptors (Lipinski definition) is 5. The van der Waals surface area contributed by atoms with Crippen LogP contribution in [0.2, 0.25) is 0 Å². The Morgan fingerprint density at radius 2 is 1.88 bits per heavy atom. The largest absolute Gasteiger partial charge is 0.444 e. The van der Waals surface area contributed by atoms with Crippen molar-refractivity contribution in [2.45, 2.75) is 45.9 Å². The molecule has 32 heavy (non-hydrogen) atoms. The standard InChI is InChI=1S/C25H29N5O2/c1-18-16-28(13-14-29(18)24(31)32-25(2,3)4)23-27-21-11-7-8-12-22(21)30(23)17-20-10-6-5-9-19(20)15-26/h5-12,18H,13-14,16-17H2,1-4H3. The van der Waals surface area contributed by atoms with E-state index in [1.54, 1.807) is 4.90 Å². The predicted molar refractivity (Wildman–Crippen MR) is 125 cm³/mol. The first-order valence-electron chi connectivity index (χ1n) is 10.9. The van der Waals surface area contributed by atoms with E-state index in [2.05, 4.69) is 21.6 Å². The number of aromatic nitrogens is 2. The number of fused-ring (bicyclic) bond motifs is 1. The third kappa shape index (κ3) is 4.40. The molecule has 0 saturated carbocycles. The van der Waals surface area contributed by atoms with Gasteiger partial charge in [0.05, 0.1) is 29.2 Å². The molecule has 1 aliphatic rings. The second-order valence-electron chi connectivity index (χ2n) is 9.22. The quantitative estimate of drug-likeness (QED) is 0.614. The molecule has 7 heteroatoms. The number of ether oxygens (including phenoxy) is 1. The Morgan fingerprint density at radius 3 is 2.59 bits per heavy atom. The maximum absolute atomic E-state index is 12.6. The molecule has 4 rings (SSSR count). The molecule has 1 aliphatic heterocycles. The predicted octanol–water partition coefficient (Wildman–Crippen LogP) is 4.40. The van der Waals surface area contributed by atoms with Crippen LogP contribution in [0.15, 0.2) is 48.5 Å². The number of nitrogens with zero attached hydrogens (tertiary/aromatic N) is 5. The zero-order valence-corrected chi connectivity index (χ0v) is 19.1. The lowest BCUT2D eigenvalue weighted by atomic mass is 10.1. The molecule has 1 aromatic heterocycles. The van der Waals surface area contributed by atoms with E-state index in [0.29, 0.717) is 31.7 Å². The number of para-hydroxylation sites is 2. The molecule has 0 spiro atoms. The Balaban J connectivity index is 1.63. The van der Waals surface area contributed by atoms with E-state index in [-0.39, 0.29) is 12.1 Å². The molecular weight excluding hydrogens is 402 g/mol. The zero-order valence-electron chi connectivity index (χ0n) is 19.1. The van der Waals surface area contributed by atoms with Gasteiger partial charge in [-0.1, -0.05) is 30.3 Å². The third-order valence-electron chi connectivity index (χ3n) is 5.64. The topological polar surface area (TPSA) is 74.4 Å². The van der Waals surface area contributed by atoms with Crippen LogP contribution in [0.5, 0.6) is 0 Å². The van der Waals surface area contributed by atoms with E-state index >= 15 is 0 Å². The number of imidazole rings is 1. The summed E-state index contributed by atoms with van der Waals surface area (Å²) in [5.74, 6) is 0.856. The first kappa shape index (κ1) is 21.7. The van der Waals surface area contributed by atoms with Crippen molar-refractivity contribution in [1.82, 2.24) is 14.5 Å². The Bertz CT molecular complexity index is 1170. The van der Waals surface area contributed by atoms with E-state index < -0.39 is 5.60 Å². The fourth-order valence-electron chi connectivity index (χ4n) is 4.13. The molecule has 1 fully saturated rings. The van der Waals surface area contributed by atoms with Crippen LogP contribution in [-0.4, -0.2) is 51.8 Å². The molecule has 0 aliphatic carbocycles.